The minimum atomic E-state index is -2.30. The molecule has 0 aliphatic heterocycles. The Balaban J connectivity index is 0.000000156. The highest BCUT2D eigenvalue weighted by Gasteiger charge is 2.25. The quantitative estimate of drug-likeness (QED) is 0.163. The number of para-hydroxylation sites is 4. The minimum absolute atomic E-state index is 0.0482. The van der Waals surface area contributed by atoms with Gasteiger partial charge in [0.15, 0.2) is 0 Å². The van der Waals surface area contributed by atoms with E-state index < -0.39 is 13.7 Å². The number of pyridine rings is 2. The summed E-state index contributed by atoms with van der Waals surface area (Å²) in [6, 6.07) is 72.8. The van der Waals surface area contributed by atoms with Gasteiger partial charge in [-0.25, -0.2) is 19.9 Å². The summed E-state index contributed by atoms with van der Waals surface area (Å²) in [6.07, 6.45) is 7.20. The predicted molar refractivity (Wildman–Crippen MR) is 433 cm³/mol. The lowest BCUT2D eigenvalue weighted by Crippen LogP contribution is -2.12. The molecule has 16 aromatic rings. The van der Waals surface area contributed by atoms with Gasteiger partial charge >= 0.3 is 0 Å². The van der Waals surface area contributed by atoms with E-state index in [9.17, 15) is 5.11 Å². The average Bonchev–Trinajstić information content (AvgIpc) is 1.67. The van der Waals surface area contributed by atoms with Gasteiger partial charge in [-0.2, -0.15) is 0 Å². The van der Waals surface area contributed by atoms with E-state index in [2.05, 4.69) is 212 Å². The van der Waals surface area contributed by atoms with Gasteiger partial charge in [0.1, 0.15) is 41.5 Å². The van der Waals surface area contributed by atoms with E-state index in [1.807, 2.05) is 148 Å². The van der Waals surface area contributed by atoms with Crippen LogP contribution in [0.5, 0.6) is 17.2 Å². The zero-order valence-electron chi connectivity index (χ0n) is 66.9. The largest absolute Gasteiger partial charge is 0.508 e. The molecule has 0 aliphatic carbocycles. The SMILES string of the molecule is Brc1cccc(-n2cnc3ccccc32)c1.[2H]C([2H])([2H])c1cc(C(C)(C)C)cc(C)c1-c1ccnc(-n2c3cc(O)ccc3c3ccc(C(C)(C)C)cc32)c1.[2H]C([2H])([2H])c1cc(C(C)(C)C)cc(C)c1-c1ccnc(-n2c3cc(Oc4cccc(-n5cnc6ccccc65)c4)ccc3c3ccc(C(C)(C)C)cc32)c1. The van der Waals surface area contributed by atoms with Crippen LogP contribution in [0.4, 0.5) is 0 Å². The second-order valence-electron chi connectivity index (χ2n) is 31.0. The van der Waals surface area contributed by atoms with Crippen LogP contribution in [-0.4, -0.2) is 43.3 Å². The van der Waals surface area contributed by atoms with Gasteiger partial charge in [-0.15, -0.1) is 0 Å². The molecule has 0 amide bonds. The summed E-state index contributed by atoms with van der Waals surface area (Å²) in [5.41, 5.74) is 19.4. The number of phenolic OH excluding ortho intramolecular Hbond substituents is 1. The number of aromatic hydroxyl groups is 1. The molecule has 0 fully saturated rings. The lowest BCUT2D eigenvalue weighted by Gasteiger charge is -2.22. The van der Waals surface area contributed by atoms with Gasteiger partial charge in [0.25, 0.3) is 0 Å². The summed E-state index contributed by atoms with van der Waals surface area (Å²) in [5.74, 6) is 2.93. The number of fused-ring (bicyclic) bond motifs is 8. The van der Waals surface area contributed by atoms with Crippen molar-refractivity contribution in [1.29, 1.82) is 0 Å². The molecule has 11 heteroatoms. The molecule has 0 saturated carbocycles. The fraction of sp³-hybridized carbons (Fsp3) is 0.217. The first-order valence-electron chi connectivity index (χ1n) is 38.0. The number of nitrogens with zero attached hydrogens (tertiary/aromatic N) is 8. The molecular formula is C92H89BrN8O2. The Kier molecular flexibility index (Phi) is 16.1. The van der Waals surface area contributed by atoms with E-state index in [1.165, 1.54) is 11.1 Å². The lowest BCUT2D eigenvalue weighted by atomic mass is 9.83. The van der Waals surface area contributed by atoms with E-state index in [4.69, 9.17) is 22.9 Å². The number of benzene rings is 10. The second kappa shape index (κ2) is 26.8. The molecular weight excluding hydrogens is 1330 g/mol. The first-order valence-corrected chi connectivity index (χ1v) is 35.8. The average molecular weight is 1420 g/mol. The number of hydrogen-bond acceptors (Lipinski definition) is 6. The van der Waals surface area contributed by atoms with Gasteiger partial charge in [-0.05, 0) is 231 Å². The maximum absolute atomic E-state index is 10.4. The van der Waals surface area contributed by atoms with E-state index >= 15 is 0 Å². The summed E-state index contributed by atoms with van der Waals surface area (Å²) >= 11 is 3.48. The van der Waals surface area contributed by atoms with E-state index in [1.54, 1.807) is 24.5 Å². The summed E-state index contributed by atoms with van der Waals surface area (Å²) in [5, 5.41) is 14.7. The molecule has 10 nitrogen and oxygen atoms in total. The van der Waals surface area contributed by atoms with Crippen molar-refractivity contribution in [3.05, 3.63) is 292 Å². The normalized spacial score (nSPS) is 13.3. The molecule has 10 aromatic carbocycles. The molecule has 103 heavy (non-hydrogen) atoms. The molecule has 0 aliphatic rings. The van der Waals surface area contributed by atoms with Gasteiger partial charge in [0.2, 0.25) is 0 Å². The summed E-state index contributed by atoms with van der Waals surface area (Å²) in [4.78, 5) is 18.6. The van der Waals surface area contributed by atoms with Crippen molar-refractivity contribution in [1.82, 2.24) is 38.2 Å². The van der Waals surface area contributed by atoms with Crippen molar-refractivity contribution in [3.8, 4) is 62.5 Å². The van der Waals surface area contributed by atoms with E-state index in [-0.39, 0.29) is 27.4 Å². The Bertz CT molecular complexity index is 6190. The Labute approximate surface area is 621 Å². The van der Waals surface area contributed by atoms with Crippen LogP contribution in [-0.2, 0) is 21.7 Å². The molecule has 516 valence electrons. The van der Waals surface area contributed by atoms with Gasteiger partial charge in [0.05, 0.1) is 49.8 Å². The smallest absolute Gasteiger partial charge is 0.138 e. The van der Waals surface area contributed by atoms with Gasteiger partial charge in [-0.3, -0.25) is 18.3 Å². The van der Waals surface area contributed by atoms with Crippen LogP contribution in [0, 0.1) is 27.6 Å². The Morgan fingerprint density at radius 3 is 1.26 bits per heavy atom. The molecule has 0 saturated heterocycles. The molecule has 0 spiro atoms. The van der Waals surface area contributed by atoms with Crippen molar-refractivity contribution in [2.24, 2.45) is 0 Å². The van der Waals surface area contributed by atoms with Gasteiger partial charge in [-0.1, -0.05) is 184 Å². The van der Waals surface area contributed by atoms with Crippen LogP contribution in [0.3, 0.4) is 0 Å². The van der Waals surface area contributed by atoms with Crippen molar-refractivity contribution < 1.29 is 18.1 Å². The minimum Gasteiger partial charge on any atom is -0.508 e. The van der Waals surface area contributed by atoms with Crippen molar-refractivity contribution in [2.45, 2.75) is 132 Å². The van der Waals surface area contributed by atoms with Gasteiger partial charge in [0, 0.05) is 70.5 Å². The van der Waals surface area contributed by atoms with Crippen molar-refractivity contribution in [3.63, 3.8) is 0 Å². The molecule has 6 aromatic heterocycles. The lowest BCUT2D eigenvalue weighted by molar-refractivity contribution is 0.476. The van der Waals surface area contributed by atoms with Crippen molar-refractivity contribution >= 4 is 81.6 Å². The number of aryl methyl sites for hydroxylation is 4. The van der Waals surface area contributed by atoms with Crippen LogP contribution >= 0.6 is 15.9 Å². The monoisotopic (exact) mass is 1420 g/mol. The van der Waals surface area contributed by atoms with Crippen LogP contribution in [0.25, 0.3) is 111 Å². The number of halogens is 1. The summed E-state index contributed by atoms with van der Waals surface area (Å²) in [6.45, 7) is 25.2. The molecule has 0 unspecified atom stereocenters. The maximum atomic E-state index is 10.4. The predicted octanol–water partition coefficient (Wildman–Crippen LogP) is 24.7. The zero-order chi connectivity index (χ0) is 77.6. The second-order valence-corrected chi connectivity index (χ2v) is 32.0. The Morgan fingerprint density at radius 2 is 0.786 bits per heavy atom. The maximum Gasteiger partial charge on any atom is 0.138 e. The number of phenols is 1. The molecule has 1 N–H and O–H groups in total. The third-order valence-electron chi connectivity index (χ3n) is 19.5. The fourth-order valence-corrected chi connectivity index (χ4v) is 14.3. The number of ether oxygens (including phenoxy) is 1. The Morgan fingerprint density at radius 1 is 0.369 bits per heavy atom. The number of rotatable bonds is 8. The molecule has 0 bridgehead atoms. The fourth-order valence-electron chi connectivity index (χ4n) is 13.9. The standard InChI is InChI=1S/C46H44N4O.C33H36N2O.C13H9BrN2/c1-29-22-33(46(6,7)8)23-30(2)44(29)31-20-21-47-43(24-31)50-41-25-32(45(3,4)5)16-18-37(41)38-19-17-36(27-42(38)50)51-35-13-11-12-34(26-35)49-28-48-39-14-9-10-15-40(39)49;1-20-15-24(33(6,7)8)16-21(2)31(20)22-13-14-34-30(17-22)35-28-18-23(32(3,4)5)9-11-26(28)27-12-10-25(36)19-29(27)35;14-10-4-3-5-11(8-10)16-9-15-12-6-1-2-7-13(12)16/h9-28H,1-8H3;9-19,36H,1-8H3;1-9H/i2*1D3;. The number of aromatic nitrogens is 8. The third kappa shape index (κ3) is 13.8. The topological polar surface area (TPSA) is 101 Å². The van der Waals surface area contributed by atoms with Crippen LogP contribution in [0.2, 0.25) is 0 Å². The summed E-state index contributed by atoms with van der Waals surface area (Å²) in [7, 11) is 0. The van der Waals surface area contributed by atoms with Gasteiger partial charge < -0.3 is 9.84 Å². The molecule has 0 radical (unpaired) electrons. The molecule has 16 rings (SSSR count). The van der Waals surface area contributed by atoms with Crippen molar-refractivity contribution in [2.75, 3.05) is 0 Å². The number of hydrogen-bond donors (Lipinski definition) is 1. The first kappa shape index (κ1) is 61.9. The third-order valence-corrected chi connectivity index (χ3v) is 20.0. The van der Waals surface area contributed by atoms with Crippen LogP contribution < -0.4 is 4.74 Å². The number of imidazole rings is 2. The Hall–Kier alpha value is -10.9. The van der Waals surface area contributed by atoms with E-state index in [0.717, 1.165) is 120 Å². The molecule has 6 heterocycles. The highest BCUT2D eigenvalue weighted by atomic mass is 79.9. The highest BCUT2D eigenvalue weighted by molar-refractivity contribution is 9.10. The van der Waals surface area contributed by atoms with Crippen LogP contribution in [0.1, 0.15) is 136 Å². The highest BCUT2D eigenvalue weighted by Crippen LogP contribution is 2.42. The zero-order valence-corrected chi connectivity index (χ0v) is 62.5. The van der Waals surface area contributed by atoms with E-state index in [0.29, 0.717) is 39.8 Å². The molecule has 0 atom stereocenters. The first-order chi connectivity index (χ1) is 51.5. The summed E-state index contributed by atoms with van der Waals surface area (Å²) < 4.78 is 66.8. The van der Waals surface area contributed by atoms with Crippen LogP contribution in [0.15, 0.2) is 248 Å².